The third-order valence-electron chi connectivity index (χ3n) is 6.81. The second-order valence-corrected chi connectivity index (χ2v) is 10.8. The number of ether oxygens (including phenoxy) is 1. The van der Waals surface area contributed by atoms with Crippen molar-refractivity contribution in [3.63, 3.8) is 0 Å². The Morgan fingerprint density at radius 1 is 1.03 bits per heavy atom. The lowest BCUT2D eigenvalue weighted by Crippen LogP contribution is -2.42. The van der Waals surface area contributed by atoms with Crippen molar-refractivity contribution in [2.75, 3.05) is 25.1 Å². The first-order chi connectivity index (χ1) is 15.3. The van der Waals surface area contributed by atoms with E-state index in [0.717, 1.165) is 54.5 Å². The number of amides is 1. The first-order valence-corrected chi connectivity index (χ1v) is 12.8. The van der Waals surface area contributed by atoms with E-state index in [2.05, 4.69) is 0 Å². The third-order valence-corrected chi connectivity index (χ3v) is 8.82. The number of hydrogen-bond donors (Lipinski definition) is 0. The summed E-state index contributed by atoms with van der Waals surface area (Å²) in [4.78, 5) is 15.7. The number of sulfonamides is 1. The smallest absolute Gasteiger partial charge is 0.258 e. The normalized spacial score (nSPS) is 19.5. The van der Waals surface area contributed by atoms with Crippen molar-refractivity contribution in [1.82, 2.24) is 4.31 Å². The molecule has 0 radical (unpaired) electrons. The summed E-state index contributed by atoms with van der Waals surface area (Å²) in [5, 5.41) is 0. The molecule has 2 aromatic carbocycles. The summed E-state index contributed by atoms with van der Waals surface area (Å²) < 4.78 is 33.9. The van der Waals surface area contributed by atoms with Gasteiger partial charge in [0.2, 0.25) is 10.0 Å². The minimum atomic E-state index is -3.66. The van der Waals surface area contributed by atoms with Crippen LogP contribution in [0.4, 0.5) is 5.69 Å². The molecule has 1 unspecified atom stereocenters. The molecule has 1 fully saturated rings. The molecule has 4 rings (SSSR count). The average molecular weight is 457 g/mol. The molecule has 0 aliphatic carbocycles. The number of fused-ring (bicyclic) bond motifs is 1. The van der Waals surface area contributed by atoms with E-state index < -0.39 is 10.0 Å². The van der Waals surface area contributed by atoms with Crippen molar-refractivity contribution >= 4 is 21.6 Å². The van der Waals surface area contributed by atoms with Crippen LogP contribution in [0.1, 0.15) is 59.7 Å². The quantitative estimate of drug-likeness (QED) is 0.681. The van der Waals surface area contributed by atoms with Crippen LogP contribution in [0.2, 0.25) is 0 Å². The molecular weight excluding hydrogens is 424 g/mol. The lowest BCUT2D eigenvalue weighted by atomic mass is 9.95. The fourth-order valence-electron chi connectivity index (χ4n) is 4.92. The second-order valence-electron chi connectivity index (χ2n) is 8.91. The third kappa shape index (κ3) is 3.92. The van der Waals surface area contributed by atoms with E-state index in [9.17, 15) is 13.2 Å². The number of methoxy groups -OCH3 is 1. The second kappa shape index (κ2) is 8.87. The van der Waals surface area contributed by atoms with E-state index in [1.165, 1.54) is 0 Å². The van der Waals surface area contributed by atoms with Gasteiger partial charge in [-0.15, -0.1) is 0 Å². The monoisotopic (exact) mass is 456 g/mol. The number of carbonyl (C=O) groups excluding carboxylic acids is 1. The zero-order valence-corrected chi connectivity index (χ0v) is 20.2. The lowest BCUT2D eigenvalue weighted by molar-refractivity contribution is 0.0983. The number of rotatable bonds is 4. The molecule has 2 aromatic rings. The van der Waals surface area contributed by atoms with E-state index in [0.29, 0.717) is 24.4 Å². The van der Waals surface area contributed by atoms with Gasteiger partial charge >= 0.3 is 0 Å². The van der Waals surface area contributed by atoms with Crippen LogP contribution < -0.4 is 9.64 Å². The highest BCUT2D eigenvalue weighted by molar-refractivity contribution is 7.89. The molecule has 1 saturated heterocycles. The molecule has 0 spiro atoms. The summed E-state index contributed by atoms with van der Waals surface area (Å²) >= 11 is 0. The minimum Gasteiger partial charge on any atom is -0.495 e. The zero-order chi connectivity index (χ0) is 23.0. The fraction of sp³-hybridized carbons (Fsp3) is 0.480. The predicted molar refractivity (Wildman–Crippen MR) is 126 cm³/mol. The molecule has 2 aliphatic heterocycles. The molecule has 7 heteroatoms. The molecule has 2 heterocycles. The molecule has 1 atom stereocenters. The van der Waals surface area contributed by atoms with Crippen LogP contribution in [-0.2, 0) is 16.4 Å². The van der Waals surface area contributed by atoms with Crippen molar-refractivity contribution in [3.8, 4) is 5.75 Å². The summed E-state index contributed by atoms with van der Waals surface area (Å²) in [7, 11) is -2.05. The molecule has 6 nitrogen and oxygen atoms in total. The Hall–Kier alpha value is -2.38. The highest BCUT2D eigenvalue weighted by atomic mass is 32.2. The molecular formula is C25H32N2O4S. The molecule has 0 saturated carbocycles. The van der Waals surface area contributed by atoms with Crippen LogP contribution >= 0.6 is 0 Å². The Morgan fingerprint density at radius 3 is 2.50 bits per heavy atom. The molecule has 172 valence electrons. The minimum absolute atomic E-state index is 0.0320. The topological polar surface area (TPSA) is 66.9 Å². The van der Waals surface area contributed by atoms with Crippen molar-refractivity contribution in [3.05, 3.63) is 52.6 Å². The molecule has 32 heavy (non-hydrogen) atoms. The van der Waals surface area contributed by atoms with Gasteiger partial charge in [0, 0.05) is 24.7 Å². The zero-order valence-electron chi connectivity index (χ0n) is 19.3. The Morgan fingerprint density at radius 2 is 1.78 bits per heavy atom. The summed E-state index contributed by atoms with van der Waals surface area (Å²) in [5.41, 5.74) is 4.24. The van der Waals surface area contributed by atoms with Gasteiger partial charge in [-0.25, -0.2) is 8.42 Å². The molecule has 0 N–H and O–H groups in total. The van der Waals surface area contributed by atoms with Gasteiger partial charge in [-0.1, -0.05) is 18.6 Å². The van der Waals surface area contributed by atoms with Gasteiger partial charge in [0.15, 0.2) is 0 Å². The van der Waals surface area contributed by atoms with Gasteiger partial charge in [0.25, 0.3) is 5.91 Å². The van der Waals surface area contributed by atoms with E-state index in [4.69, 9.17) is 4.74 Å². The maximum absolute atomic E-state index is 13.7. The Bertz CT molecular complexity index is 1140. The Kier molecular flexibility index (Phi) is 6.32. The van der Waals surface area contributed by atoms with Crippen LogP contribution in [0.25, 0.3) is 0 Å². The first kappa shape index (κ1) is 22.8. The molecule has 0 aromatic heterocycles. The van der Waals surface area contributed by atoms with Gasteiger partial charge in [-0.05, 0) is 81.3 Å². The van der Waals surface area contributed by atoms with E-state index in [1.54, 1.807) is 34.5 Å². The van der Waals surface area contributed by atoms with E-state index in [1.807, 2.05) is 32.9 Å². The van der Waals surface area contributed by atoms with E-state index >= 15 is 0 Å². The maximum Gasteiger partial charge on any atom is 0.258 e. The SMILES string of the molecule is COc1ccc(C)c2c1N(C(=O)c1cc(S(=O)(=O)N3CCCCC3C)ccc1C)CCC2. The standard InChI is InChI=1S/C25H32N2O4S/c1-17-11-13-23(31-4)24-21(17)9-7-14-26(24)25(28)22-16-20(12-10-18(22)2)32(29,30)27-15-6-5-8-19(27)3/h10-13,16,19H,5-9,14-15H2,1-4H3. The largest absolute Gasteiger partial charge is 0.495 e. The maximum atomic E-state index is 13.7. The van der Waals surface area contributed by atoms with Crippen molar-refractivity contribution in [2.45, 2.75) is 63.8 Å². The lowest BCUT2D eigenvalue weighted by Gasteiger charge is -2.33. The number of benzene rings is 2. The first-order valence-electron chi connectivity index (χ1n) is 11.4. The van der Waals surface area contributed by atoms with Crippen LogP contribution in [0.3, 0.4) is 0 Å². The van der Waals surface area contributed by atoms with Gasteiger partial charge in [0.05, 0.1) is 17.7 Å². The number of carbonyl (C=O) groups is 1. The number of anilines is 1. The molecule has 2 aliphatic rings. The van der Waals surface area contributed by atoms with Crippen LogP contribution in [0, 0.1) is 13.8 Å². The van der Waals surface area contributed by atoms with E-state index in [-0.39, 0.29) is 16.8 Å². The van der Waals surface area contributed by atoms with Crippen LogP contribution in [0.15, 0.2) is 35.2 Å². The molecule has 0 bridgehead atoms. The van der Waals surface area contributed by atoms with Crippen molar-refractivity contribution in [1.29, 1.82) is 0 Å². The highest BCUT2D eigenvalue weighted by Gasteiger charge is 2.33. The number of piperidine rings is 1. The predicted octanol–water partition coefficient (Wildman–Crippen LogP) is 4.47. The number of aryl methyl sites for hydroxylation is 2. The summed E-state index contributed by atoms with van der Waals surface area (Å²) in [6, 6.07) is 8.81. The highest BCUT2D eigenvalue weighted by Crippen LogP contribution is 2.39. The Labute approximate surface area is 191 Å². The van der Waals surface area contributed by atoms with Crippen molar-refractivity contribution in [2.24, 2.45) is 0 Å². The van der Waals surface area contributed by atoms with Gasteiger partial charge in [-0.3, -0.25) is 4.79 Å². The average Bonchev–Trinajstić information content (AvgIpc) is 2.79. The fourth-order valence-corrected chi connectivity index (χ4v) is 6.65. The summed E-state index contributed by atoms with van der Waals surface area (Å²) in [5.74, 6) is 0.485. The van der Waals surface area contributed by atoms with Crippen LogP contribution in [0.5, 0.6) is 5.75 Å². The molecule has 1 amide bonds. The van der Waals surface area contributed by atoms with Gasteiger partial charge in [0.1, 0.15) is 5.75 Å². The van der Waals surface area contributed by atoms with Crippen molar-refractivity contribution < 1.29 is 17.9 Å². The van der Waals surface area contributed by atoms with Gasteiger partial charge < -0.3 is 9.64 Å². The van der Waals surface area contributed by atoms with Crippen LogP contribution in [-0.4, -0.2) is 44.9 Å². The number of nitrogens with zero attached hydrogens (tertiary/aromatic N) is 2. The van der Waals surface area contributed by atoms with Gasteiger partial charge in [-0.2, -0.15) is 4.31 Å². The number of hydrogen-bond acceptors (Lipinski definition) is 4. The summed E-state index contributed by atoms with van der Waals surface area (Å²) in [6.45, 7) is 6.95. The summed E-state index contributed by atoms with van der Waals surface area (Å²) in [6.07, 6.45) is 4.52. The Balaban J connectivity index is 1.75.